The summed E-state index contributed by atoms with van der Waals surface area (Å²) in [6, 6.07) is 10.1. The fourth-order valence-corrected chi connectivity index (χ4v) is 3.00. The minimum atomic E-state index is -0.248. The third-order valence-electron chi connectivity index (χ3n) is 3.72. The van der Waals surface area contributed by atoms with Gasteiger partial charge in [-0.3, -0.25) is 5.10 Å². The van der Waals surface area contributed by atoms with Gasteiger partial charge >= 0.3 is 0 Å². The molecule has 0 saturated heterocycles. The van der Waals surface area contributed by atoms with Gasteiger partial charge in [-0.15, -0.1) is 5.10 Å². The number of nitrogens with zero attached hydrogens (tertiary/aromatic N) is 2. The molecule has 1 atom stereocenters. The van der Waals surface area contributed by atoms with E-state index in [4.69, 9.17) is 10.5 Å². The molecule has 2 aromatic rings. The molecule has 0 amide bonds. The molecule has 5 nitrogen and oxygen atoms in total. The van der Waals surface area contributed by atoms with Crippen molar-refractivity contribution >= 4 is 15.9 Å². The lowest BCUT2D eigenvalue weighted by Crippen LogP contribution is -2.21. The molecule has 1 aromatic carbocycles. The second-order valence-corrected chi connectivity index (χ2v) is 6.06. The molecule has 1 aromatic heterocycles. The standard InChI is InChI=1S/C16H15BrN4O/c1-2-3-12-14-13(9-4-6-10(17)7-5-9)11(8-18)15(19)22-16(14)21-20-12/h4-7,13H,2-3,19H2,1H3,(H,20,21). The van der Waals surface area contributed by atoms with Crippen LogP contribution >= 0.6 is 15.9 Å². The Labute approximate surface area is 136 Å². The van der Waals surface area contributed by atoms with Crippen LogP contribution in [0.1, 0.15) is 36.1 Å². The number of nitrogens with one attached hydrogen (secondary N) is 1. The van der Waals surface area contributed by atoms with Gasteiger partial charge in [-0.2, -0.15) is 5.26 Å². The maximum absolute atomic E-state index is 9.52. The SMILES string of the molecule is CCCc1[nH]nc2c1C(c1ccc(Br)cc1)C(C#N)=C(N)O2. The fraction of sp³-hybridized carbons (Fsp3) is 0.250. The zero-order chi connectivity index (χ0) is 15.7. The van der Waals surface area contributed by atoms with Crippen LogP contribution < -0.4 is 10.5 Å². The van der Waals surface area contributed by atoms with Gasteiger partial charge in [-0.25, -0.2) is 0 Å². The van der Waals surface area contributed by atoms with Crippen LogP contribution in [-0.2, 0) is 6.42 Å². The van der Waals surface area contributed by atoms with E-state index in [1.165, 1.54) is 0 Å². The number of H-pyrrole nitrogens is 1. The maximum atomic E-state index is 9.52. The number of nitrogens with two attached hydrogens (primary N) is 1. The number of ether oxygens (including phenoxy) is 1. The Hall–Kier alpha value is -2.26. The predicted octanol–water partition coefficient (Wildman–Crippen LogP) is 3.34. The Morgan fingerprint density at radius 3 is 2.77 bits per heavy atom. The van der Waals surface area contributed by atoms with Crippen molar-refractivity contribution in [3.8, 4) is 11.9 Å². The smallest absolute Gasteiger partial charge is 0.244 e. The Morgan fingerprint density at radius 2 is 2.14 bits per heavy atom. The third-order valence-corrected chi connectivity index (χ3v) is 4.25. The van der Waals surface area contributed by atoms with Gasteiger partial charge < -0.3 is 10.5 Å². The highest BCUT2D eigenvalue weighted by molar-refractivity contribution is 9.10. The van der Waals surface area contributed by atoms with E-state index < -0.39 is 0 Å². The van der Waals surface area contributed by atoms with Gasteiger partial charge in [0.2, 0.25) is 11.8 Å². The number of nitriles is 1. The summed E-state index contributed by atoms with van der Waals surface area (Å²) in [6.45, 7) is 2.10. The lowest BCUT2D eigenvalue weighted by molar-refractivity contribution is 0.378. The Balaban J connectivity index is 2.19. The molecule has 1 unspecified atom stereocenters. The summed E-state index contributed by atoms with van der Waals surface area (Å²) in [6.07, 6.45) is 1.82. The minimum Gasteiger partial charge on any atom is -0.420 e. The third kappa shape index (κ3) is 2.38. The molecule has 1 aliphatic rings. The number of aromatic nitrogens is 2. The fourth-order valence-electron chi connectivity index (χ4n) is 2.74. The first-order valence-electron chi connectivity index (χ1n) is 7.05. The average molecular weight is 359 g/mol. The summed E-state index contributed by atoms with van der Waals surface area (Å²) < 4.78 is 6.51. The van der Waals surface area contributed by atoms with Crippen LogP contribution in [0.15, 0.2) is 40.2 Å². The number of hydrogen-bond acceptors (Lipinski definition) is 4. The van der Waals surface area contributed by atoms with Gasteiger partial charge in [0.05, 0.1) is 5.92 Å². The molecule has 0 bridgehead atoms. The Kier molecular flexibility index (Phi) is 3.90. The largest absolute Gasteiger partial charge is 0.420 e. The zero-order valence-electron chi connectivity index (χ0n) is 12.1. The molecule has 112 valence electrons. The molecule has 22 heavy (non-hydrogen) atoms. The zero-order valence-corrected chi connectivity index (χ0v) is 13.6. The van der Waals surface area contributed by atoms with Crippen LogP contribution in [0.3, 0.4) is 0 Å². The average Bonchev–Trinajstić information content (AvgIpc) is 2.90. The van der Waals surface area contributed by atoms with E-state index in [0.717, 1.165) is 34.1 Å². The molecule has 0 saturated carbocycles. The van der Waals surface area contributed by atoms with Crippen molar-refractivity contribution in [1.29, 1.82) is 5.26 Å². The number of aromatic amines is 1. The summed E-state index contributed by atoms with van der Waals surface area (Å²) in [5.74, 6) is 0.340. The first kappa shape index (κ1) is 14.7. The number of fused-ring (bicyclic) bond motifs is 1. The first-order valence-corrected chi connectivity index (χ1v) is 7.85. The van der Waals surface area contributed by atoms with Gasteiger partial charge in [0.25, 0.3) is 0 Å². The summed E-state index contributed by atoms with van der Waals surface area (Å²) in [7, 11) is 0. The van der Waals surface area contributed by atoms with Crippen LogP contribution in [-0.4, -0.2) is 10.2 Å². The van der Waals surface area contributed by atoms with Crippen molar-refractivity contribution in [2.45, 2.75) is 25.7 Å². The van der Waals surface area contributed by atoms with Crippen LogP contribution in [0.5, 0.6) is 5.88 Å². The maximum Gasteiger partial charge on any atom is 0.244 e. The quantitative estimate of drug-likeness (QED) is 0.880. The number of benzene rings is 1. The molecular formula is C16H15BrN4O. The highest BCUT2D eigenvalue weighted by atomic mass is 79.9. The van der Waals surface area contributed by atoms with E-state index >= 15 is 0 Å². The first-order chi connectivity index (χ1) is 10.7. The van der Waals surface area contributed by atoms with Crippen molar-refractivity contribution in [2.24, 2.45) is 5.73 Å². The van der Waals surface area contributed by atoms with Gasteiger partial charge in [0, 0.05) is 15.7 Å². The Morgan fingerprint density at radius 1 is 1.41 bits per heavy atom. The van der Waals surface area contributed by atoms with E-state index in [9.17, 15) is 5.26 Å². The van der Waals surface area contributed by atoms with E-state index in [0.29, 0.717) is 11.5 Å². The van der Waals surface area contributed by atoms with Crippen molar-refractivity contribution in [3.05, 3.63) is 57.0 Å². The molecule has 3 N–H and O–H groups in total. The van der Waals surface area contributed by atoms with Gasteiger partial charge in [0.1, 0.15) is 11.6 Å². The molecular weight excluding hydrogens is 344 g/mol. The van der Waals surface area contributed by atoms with Gasteiger partial charge in [0.15, 0.2) is 0 Å². The normalized spacial score (nSPS) is 16.9. The number of allylic oxidation sites excluding steroid dienone is 1. The molecule has 2 heterocycles. The molecule has 0 spiro atoms. The Bertz CT molecular complexity index is 770. The second kappa shape index (κ2) is 5.85. The number of halogens is 1. The summed E-state index contributed by atoms with van der Waals surface area (Å²) in [5.41, 5.74) is 9.24. The molecule has 3 rings (SSSR count). The molecule has 0 radical (unpaired) electrons. The second-order valence-electron chi connectivity index (χ2n) is 5.15. The highest BCUT2D eigenvalue weighted by Gasteiger charge is 2.34. The van der Waals surface area contributed by atoms with Gasteiger partial charge in [-0.1, -0.05) is 41.4 Å². The van der Waals surface area contributed by atoms with Crippen molar-refractivity contribution < 1.29 is 4.74 Å². The highest BCUT2D eigenvalue weighted by Crippen LogP contribution is 2.43. The summed E-state index contributed by atoms with van der Waals surface area (Å²) in [4.78, 5) is 0. The molecule has 0 fully saturated rings. The number of aryl methyl sites for hydroxylation is 1. The molecule has 0 aliphatic carbocycles. The molecule has 6 heteroatoms. The number of hydrogen-bond donors (Lipinski definition) is 2. The van der Waals surface area contributed by atoms with Crippen molar-refractivity contribution in [1.82, 2.24) is 10.2 Å². The van der Waals surface area contributed by atoms with Crippen molar-refractivity contribution in [3.63, 3.8) is 0 Å². The lowest BCUT2D eigenvalue weighted by atomic mass is 9.83. The van der Waals surface area contributed by atoms with E-state index in [2.05, 4.69) is 39.1 Å². The predicted molar refractivity (Wildman–Crippen MR) is 86.0 cm³/mol. The topological polar surface area (TPSA) is 87.7 Å². The number of rotatable bonds is 3. The monoisotopic (exact) mass is 358 g/mol. The minimum absolute atomic E-state index is 0.123. The van der Waals surface area contributed by atoms with Crippen LogP contribution in [0, 0.1) is 11.3 Å². The molecule has 1 aliphatic heterocycles. The van der Waals surface area contributed by atoms with Crippen molar-refractivity contribution in [2.75, 3.05) is 0 Å². The van der Waals surface area contributed by atoms with Crippen LogP contribution in [0.4, 0.5) is 0 Å². The summed E-state index contributed by atoms with van der Waals surface area (Å²) in [5, 5.41) is 16.7. The summed E-state index contributed by atoms with van der Waals surface area (Å²) >= 11 is 3.43. The van der Waals surface area contributed by atoms with Crippen LogP contribution in [0.25, 0.3) is 0 Å². The van der Waals surface area contributed by atoms with E-state index in [1.807, 2.05) is 24.3 Å². The van der Waals surface area contributed by atoms with Gasteiger partial charge in [-0.05, 0) is 24.1 Å². The van der Waals surface area contributed by atoms with E-state index in [-0.39, 0.29) is 11.8 Å². The van der Waals surface area contributed by atoms with E-state index in [1.54, 1.807) is 0 Å². The van der Waals surface area contributed by atoms with Crippen LogP contribution in [0.2, 0.25) is 0 Å². The lowest BCUT2D eigenvalue weighted by Gasteiger charge is -2.24.